The Bertz CT molecular complexity index is 910. The third kappa shape index (κ3) is 2.74. The number of hydrogen-bond acceptors (Lipinski definition) is 3. The highest BCUT2D eigenvalue weighted by molar-refractivity contribution is 7.52. The fraction of sp³-hybridized carbons (Fsp3) is 0.0625. The molecular formula is C16H13O5P. The van der Waals surface area contributed by atoms with Crippen LogP contribution in [0.5, 0.6) is 0 Å². The Hall–Kier alpha value is -2.20. The van der Waals surface area contributed by atoms with Crippen LogP contribution in [0.15, 0.2) is 69.9 Å². The molecular weight excluding hydrogens is 303 g/mol. The van der Waals surface area contributed by atoms with Gasteiger partial charge in [-0.3, -0.25) is 4.57 Å². The summed E-state index contributed by atoms with van der Waals surface area (Å²) < 4.78 is 17.1. The minimum Gasteiger partial charge on any atom is -0.422 e. The molecule has 3 rings (SSSR count). The van der Waals surface area contributed by atoms with Crippen molar-refractivity contribution in [3.63, 3.8) is 0 Å². The molecule has 1 aromatic heterocycles. The molecule has 0 radical (unpaired) electrons. The van der Waals surface area contributed by atoms with Gasteiger partial charge in [-0.15, -0.1) is 0 Å². The second-order valence-corrected chi connectivity index (χ2v) is 6.62. The van der Waals surface area contributed by atoms with Crippen LogP contribution in [0.4, 0.5) is 0 Å². The molecule has 6 heteroatoms. The van der Waals surface area contributed by atoms with Crippen molar-refractivity contribution in [2.45, 2.75) is 5.66 Å². The second kappa shape index (κ2) is 5.54. The summed E-state index contributed by atoms with van der Waals surface area (Å²) >= 11 is 0. The summed E-state index contributed by atoms with van der Waals surface area (Å²) in [6.45, 7) is 0. The van der Waals surface area contributed by atoms with E-state index in [0.29, 0.717) is 16.5 Å². The second-order valence-electron chi connectivity index (χ2n) is 4.93. The summed E-state index contributed by atoms with van der Waals surface area (Å²) in [6.07, 6.45) is 0. The third-order valence-corrected chi connectivity index (χ3v) is 4.66. The van der Waals surface area contributed by atoms with Crippen LogP contribution in [-0.4, -0.2) is 9.79 Å². The molecule has 1 atom stereocenters. The molecule has 0 bridgehead atoms. The van der Waals surface area contributed by atoms with Crippen molar-refractivity contribution in [2.24, 2.45) is 0 Å². The Morgan fingerprint density at radius 1 is 0.955 bits per heavy atom. The average Bonchev–Trinajstić information content (AvgIpc) is 2.48. The molecule has 5 nitrogen and oxygen atoms in total. The monoisotopic (exact) mass is 316 g/mol. The fourth-order valence-corrected chi connectivity index (χ4v) is 3.56. The van der Waals surface area contributed by atoms with E-state index in [1.807, 2.05) is 0 Å². The summed E-state index contributed by atoms with van der Waals surface area (Å²) in [4.78, 5) is 31.6. The van der Waals surface area contributed by atoms with E-state index in [0.717, 1.165) is 0 Å². The lowest BCUT2D eigenvalue weighted by Crippen LogP contribution is -2.14. The van der Waals surface area contributed by atoms with Gasteiger partial charge < -0.3 is 14.2 Å². The van der Waals surface area contributed by atoms with E-state index in [9.17, 15) is 19.1 Å². The SMILES string of the molecule is O=c1oc2ccccc2cc1C(c1ccccc1)P(=O)(O)O. The first-order valence-corrected chi connectivity index (χ1v) is 8.28. The standard InChI is InChI=1S/C16H13O5P/c17-16-13(10-12-8-4-5-9-14(12)21-16)15(22(18,19)20)11-6-2-1-3-7-11/h1-10,15H,(H2,18,19,20). The smallest absolute Gasteiger partial charge is 0.340 e. The molecule has 2 N–H and O–H groups in total. The van der Waals surface area contributed by atoms with Crippen LogP contribution in [0.1, 0.15) is 16.8 Å². The summed E-state index contributed by atoms with van der Waals surface area (Å²) in [5.41, 5.74) is -1.36. The predicted molar refractivity (Wildman–Crippen MR) is 82.8 cm³/mol. The van der Waals surface area contributed by atoms with E-state index >= 15 is 0 Å². The summed E-state index contributed by atoms with van der Waals surface area (Å²) in [7, 11) is -4.58. The van der Waals surface area contributed by atoms with Crippen LogP contribution in [0, 0.1) is 0 Å². The van der Waals surface area contributed by atoms with Crippen LogP contribution in [0.25, 0.3) is 11.0 Å². The van der Waals surface area contributed by atoms with Crippen molar-refractivity contribution in [2.75, 3.05) is 0 Å². The lowest BCUT2D eigenvalue weighted by atomic mass is 10.0. The van der Waals surface area contributed by atoms with Crippen LogP contribution in [0.2, 0.25) is 0 Å². The first kappa shape index (κ1) is 14.7. The Labute approximate surface area is 126 Å². The average molecular weight is 316 g/mol. The zero-order valence-electron chi connectivity index (χ0n) is 11.4. The highest BCUT2D eigenvalue weighted by Gasteiger charge is 2.34. The zero-order chi connectivity index (χ0) is 15.7. The summed E-state index contributed by atoms with van der Waals surface area (Å²) in [6, 6.07) is 16.6. The van der Waals surface area contributed by atoms with Crippen molar-refractivity contribution in [1.29, 1.82) is 0 Å². The fourth-order valence-electron chi connectivity index (χ4n) is 2.46. The molecule has 0 aliphatic heterocycles. The van der Waals surface area contributed by atoms with Crippen LogP contribution >= 0.6 is 7.60 Å². The van der Waals surface area contributed by atoms with Gasteiger partial charge in [0.2, 0.25) is 0 Å². The molecule has 0 amide bonds. The first-order valence-electron chi connectivity index (χ1n) is 6.60. The largest absolute Gasteiger partial charge is 0.422 e. The predicted octanol–water partition coefficient (Wildman–Crippen LogP) is 3.06. The van der Waals surface area contributed by atoms with E-state index in [-0.39, 0.29) is 5.56 Å². The number of rotatable bonds is 3. The maximum Gasteiger partial charge on any atom is 0.340 e. The van der Waals surface area contributed by atoms with Crippen LogP contribution in [0.3, 0.4) is 0 Å². The quantitative estimate of drug-likeness (QED) is 0.573. The molecule has 1 heterocycles. The van der Waals surface area contributed by atoms with Gasteiger partial charge in [0.25, 0.3) is 0 Å². The Balaban J connectivity index is 2.27. The zero-order valence-corrected chi connectivity index (χ0v) is 12.3. The molecule has 0 saturated heterocycles. The molecule has 22 heavy (non-hydrogen) atoms. The Morgan fingerprint density at radius 3 is 2.27 bits per heavy atom. The minimum absolute atomic E-state index is 0.0433. The molecule has 0 saturated carbocycles. The van der Waals surface area contributed by atoms with Gasteiger partial charge in [-0.1, -0.05) is 48.5 Å². The van der Waals surface area contributed by atoms with Gasteiger partial charge in [0, 0.05) is 5.39 Å². The van der Waals surface area contributed by atoms with Crippen LogP contribution < -0.4 is 5.63 Å². The number of hydrogen-bond donors (Lipinski definition) is 2. The molecule has 3 aromatic rings. The highest BCUT2D eigenvalue weighted by atomic mass is 31.2. The Kier molecular flexibility index (Phi) is 3.71. The topological polar surface area (TPSA) is 87.7 Å². The molecule has 0 spiro atoms. The van der Waals surface area contributed by atoms with Gasteiger partial charge >= 0.3 is 13.2 Å². The molecule has 0 aliphatic carbocycles. The third-order valence-electron chi connectivity index (χ3n) is 3.41. The molecule has 0 aliphatic rings. The highest BCUT2D eigenvalue weighted by Crippen LogP contribution is 2.54. The van der Waals surface area contributed by atoms with Gasteiger partial charge in [-0.05, 0) is 17.7 Å². The maximum absolute atomic E-state index is 12.2. The normalized spacial score (nSPS) is 13.2. The van der Waals surface area contributed by atoms with Crippen molar-refractivity contribution < 1.29 is 18.8 Å². The van der Waals surface area contributed by atoms with E-state index in [2.05, 4.69) is 0 Å². The number of benzene rings is 2. The van der Waals surface area contributed by atoms with Crippen molar-refractivity contribution in [3.8, 4) is 0 Å². The van der Waals surface area contributed by atoms with E-state index in [1.54, 1.807) is 54.6 Å². The first-order chi connectivity index (χ1) is 10.5. The summed E-state index contributed by atoms with van der Waals surface area (Å²) in [5, 5.41) is 0.617. The van der Waals surface area contributed by atoms with Gasteiger partial charge in [-0.25, -0.2) is 4.79 Å². The van der Waals surface area contributed by atoms with Crippen molar-refractivity contribution >= 4 is 18.6 Å². The lowest BCUT2D eigenvalue weighted by molar-refractivity contribution is 0.363. The molecule has 0 fully saturated rings. The minimum atomic E-state index is -4.58. The van der Waals surface area contributed by atoms with Gasteiger partial charge in [0.15, 0.2) is 0 Å². The van der Waals surface area contributed by atoms with Gasteiger partial charge in [0.05, 0.1) is 5.56 Å². The molecule has 112 valence electrons. The van der Waals surface area contributed by atoms with Crippen molar-refractivity contribution in [3.05, 3.63) is 82.2 Å². The van der Waals surface area contributed by atoms with Gasteiger partial charge in [0.1, 0.15) is 11.2 Å². The Morgan fingerprint density at radius 2 is 1.59 bits per heavy atom. The van der Waals surface area contributed by atoms with Crippen LogP contribution in [-0.2, 0) is 4.57 Å². The lowest BCUT2D eigenvalue weighted by Gasteiger charge is -2.18. The van der Waals surface area contributed by atoms with E-state index in [4.69, 9.17) is 4.42 Å². The van der Waals surface area contributed by atoms with Gasteiger partial charge in [-0.2, -0.15) is 0 Å². The maximum atomic E-state index is 12.2. The number of para-hydroxylation sites is 1. The van der Waals surface area contributed by atoms with E-state index in [1.165, 1.54) is 6.07 Å². The molecule has 2 aromatic carbocycles. The summed E-state index contributed by atoms with van der Waals surface area (Å²) in [5.74, 6) is 0. The van der Waals surface area contributed by atoms with E-state index < -0.39 is 18.9 Å². The number of fused-ring (bicyclic) bond motifs is 1. The molecule has 1 unspecified atom stereocenters. The van der Waals surface area contributed by atoms with Crippen molar-refractivity contribution in [1.82, 2.24) is 0 Å².